The highest BCUT2D eigenvalue weighted by Crippen LogP contribution is 2.40. The van der Waals surface area contributed by atoms with Crippen LogP contribution in [-0.4, -0.2) is 40.1 Å². The Kier molecular flexibility index (Phi) is 5.62. The lowest BCUT2D eigenvalue weighted by Gasteiger charge is -2.24. The van der Waals surface area contributed by atoms with E-state index in [-0.39, 0.29) is 12.6 Å². The second-order valence-electron chi connectivity index (χ2n) is 6.58. The maximum atomic E-state index is 13.3. The predicted molar refractivity (Wildman–Crippen MR) is 103 cm³/mol. The molecule has 0 amide bonds. The van der Waals surface area contributed by atoms with Gasteiger partial charge >= 0.3 is 0 Å². The fourth-order valence-corrected chi connectivity index (χ4v) is 5.05. The van der Waals surface area contributed by atoms with E-state index in [0.29, 0.717) is 22.1 Å². The van der Waals surface area contributed by atoms with Gasteiger partial charge in [-0.05, 0) is 49.1 Å². The standard InChI is InChI=1S/C20H25NO5S/c1-14-7-5-6-8-19(14)27(22,23)21(16-9-10-16)13-15-11-17(24-2)20(26-4)18(12-15)25-3/h5-8,11-12,16H,9-10,13H2,1-4H3. The molecule has 7 heteroatoms. The number of nitrogens with zero attached hydrogens (tertiary/aromatic N) is 1. The minimum absolute atomic E-state index is 0.0219. The van der Waals surface area contributed by atoms with Crippen LogP contribution in [0.25, 0.3) is 0 Å². The SMILES string of the molecule is COc1cc(CN(C2CC2)S(=O)(=O)c2ccccc2C)cc(OC)c1OC. The highest BCUT2D eigenvalue weighted by Gasteiger charge is 2.38. The minimum atomic E-state index is -3.60. The van der Waals surface area contributed by atoms with E-state index in [0.717, 1.165) is 24.0 Å². The molecule has 6 nitrogen and oxygen atoms in total. The lowest BCUT2D eigenvalue weighted by Crippen LogP contribution is -2.33. The number of rotatable bonds is 8. The van der Waals surface area contributed by atoms with E-state index >= 15 is 0 Å². The number of ether oxygens (including phenoxy) is 3. The quantitative estimate of drug-likeness (QED) is 0.690. The summed E-state index contributed by atoms with van der Waals surface area (Å²) in [5, 5.41) is 0. The number of benzene rings is 2. The molecule has 146 valence electrons. The van der Waals surface area contributed by atoms with E-state index in [9.17, 15) is 8.42 Å². The largest absolute Gasteiger partial charge is 0.493 e. The zero-order chi connectivity index (χ0) is 19.6. The molecule has 3 rings (SSSR count). The van der Waals surface area contributed by atoms with Crippen LogP contribution in [0.5, 0.6) is 17.2 Å². The maximum Gasteiger partial charge on any atom is 0.243 e. The van der Waals surface area contributed by atoms with Crippen molar-refractivity contribution in [3.8, 4) is 17.2 Å². The van der Waals surface area contributed by atoms with Gasteiger partial charge in [-0.2, -0.15) is 4.31 Å². The third kappa shape index (κ3) is 3.89. The zero-order valence-corrected chi connectivity index (χ0v) is 16.9. The zero-order valence-electron chi connectivity index (χ0n) is 16.1. The summed E-state index contributed by atoms with van der Waals surface area (Å²) in [4.78, 5) is 0.351. The van der Waals surface area contributed by atoms with E-state index in [4.69, 9.17) is 14.2 Å². The molecule has 0 bridgehead atoms. The van der Waals surface area contributed by atoms with Crippen LogP contribution in [0, 0.1) is 6.92 Å². The molecular weight excluding hydrogens is 366 g/mol. The molecule has 0 heterocycles. The van der Waals surface area contributed by atoms with Crippen molar-refractivity contribution < 1.29 is 22.6 Å². The van der Waals surface area contributed by atoms with Gasteiger partial charge in [0.15, 0.2) is 11.5 Å². The lowest BCUT2D eigenvalue weighted by atomic mass is 10.1. The Bertz CT molecular complexity index is 897. The molecule has 0 unspecified atom stereocenters. The van der Waals surface area contributed by atoms with Crippen molar-refractivity contribution in [2.75, 3.05) is 21.3 Å². The molecular formula is C20H25NO5S. The molecule has 0 aromatic heterocycles. The van der Waals surface area contributed by atoms with Gasteiger partial charge in [0.05, 0.1) is 26.2 Å². The van der Waals surface area contributed by atoms with Crippen LogP contribution in [-0.2, 0) is 16.6 Å². The van der Waals surface area contributed by atoms with E-state index in [1.165, 1.54) is 0 Å². The summed E-state index contributed by atoms with van der Waals surface area (Å²) in [6.45, 7) is 2.06. The number of aryl methyl sites for hydroxylation is 1. The van der Waals surface area contributed by atoms with Crippen LogP contribution in [0.2, 0.25) is 0 Å². The number of methoxy groups -OCH3 is 3. The van der Waals surface area contributed by atoms with Crippen molar-refractivity contribution in [2.24, 2.45) is 0 Å². The summed E-state index contributed by atoms with van der Waals surface area (Å²) in [6.07, 6.45) is 1.74. The molecule has 2 aromatic carbocycles. The average molecular weight is 391 g/mol. The Morgan fingerprint density at radius 2 is 1.59 bits per heavy atom. The highest BCUT2D eigenvalue weighted by molar-refractivity contribution is 7.89. The van der Waals surface area contributed by atoms with Crippen molar-refractivity contribution in [3.63, 3.8) is 0 Å². The van der Waals surface area contributed by atoms with Crippen LogP contribution in [0.3, 0.4) is 0 Å². The van der Waals surface area contributed by atoms with Crippen LogP contribution in [0.1, 0.15) is 24.0 Å². The molecule has 2 aromatic rings. The smallest absolute Gasteiger partial charge is 0.243 e. The molecule has 0 N–H and O–H groups in total. The number of sulfonamides is 1. The summed E-state index contributed by atoms with van der Waals surface area (Å²) >= 11 is 0. The Balaban J connectivity index is 2.00. The van der Waals surface area contributed by atoms with E-state index in [1.807, 2.05) is 19.1 Å². The monoisotopic (exact) mass is 391 g/mol. The summed E-state index contributed by atoms with van der Waals surface area (Å²) in [6, 6.07) is 10.7. The summed E-state index contributed by atoms with van der Waals surface area (Å²) < 4.78 is 44.3. The van der Waals surface area contributed by atoms with Crippen LogP contribution in [0.4, 0.5) is 0 Å². The summed E-state index contributed by atoms with van der Waals surface area (Å²) in [5.41, 5.74) is 1.53. The van der Waals surface area contributed by atoms with Gasteiger partial charge in [-0.15, -0.1) is 0 Å². The first-order valence-corrected chi connectivity index (χ1v) is 10.2. The molecule has 1 aliphatic rings. The fraction of sp³-hybridized carbons (Fsp3) is 0.400. The van der Waals surface area contributed by atoms with Crippen LogP contribution < -0.4 is 14.2 Å². The third-order valence-electron chi connectivity index (χ3n) is 4.70. The van der Waals surface area contributed by atoms with Crippen molar-refractivity contribution in [1.29, 1.82) is 0 Å². The van der Waals surface area contributed by atoms with Gasteiger partial charge in [0.25, 0.3) is 0 Å². The van der Waals surface area contributed by atoms with E-state index in [1.54, 1.807) is 49.9 Å². The topological polar surface area (TPSA) is 65.1 Å². The van der Waals surface area contributed by atoms with Crippen molar-refractivity contribution >= 4 is 10.0 Å². The molecule has 27 heavy (non-hydrogen) atoms. The molecule has 0 spiro atoms. The van der Waals surface area contributed by atoms with Gasteiger partial charge in [-0.1, -0.05) is 18.2 Å². The molecule has 0 aliphatic heterocycles. The first-order chi connectivity index (χ1) is 12.9. The van der Waals surface area contributed by atoms with Gasteiger partial charge in [-0.25, -0.2) is 8.42 Å². The molecule has 1 aliphatic carbocycles. The molecule has 1 saturated carbocycles. The van der Waals surface area contributed by atoms with Gasteiger partial charge < -0.3 is 14.2 Å². The Morgan fingerprint density at radius 1 is 1.00 bits per heavy atom. The minimum Gasteiger partial charge on any atom is -0.493 e. The summed E-state index contributed by atoms with van der Waals surface area (Å²) in [5.74, 6) is 1.51. The predicted octanol–water partition coefficient (Wildman–Crippen LogP) is 3.37. The van der Waals surface area contributed by atoms with Gasteiger partial charge in [0.2, 0.25) is 15.8 Å². The second kappa shape index (κ2) is 7.78. The van der Waals surface area contributed by atoms with Crippen molar-refractivity contribution in [2.45, 2.75) is 37.2 Å². The fourth-order valence-electron chi connectivity index (χ4n) is 3.15. The van der Waals surface area contributed by atoms with Crippen LogP contribution >= 0.6 is 0 Å². The van der Waals surface area contributed by atoms with Crippen molar-refractivity contribution in [3.05, 3.63) is 47.5 Å². The summed E-state index contributed by atoms with van der Waals surface area (Å²) in [7, 11) is 1.03. The molecule has 0 saturated heterocycles. The third-order valence-corrected chi connectivity index (χ3v) is 6.76. The Morgan fingerprint density at radius 3 is 2.07 bits per heavy atom. The van der Waals surface area contributed by atoms with Gasteiger partial charge in [0, 0.05) is 12.6 Å². The number of hydrogen-bond acceptors (Lipinski definition) is 5. The number of hydrogen-bond donors (Lipinski definition) is 0. The second-order valence-corrected chi connectivity index (χ2v) is 8.44. The molecule has 0 atom stereocenters. The van der Waals surface area contributed by atoms with E-state index in [2.05, 4.69) is 0 Å². The van der Waals surface area contributed by atoms with Crippen LogP contribution in [0.15, 0.2) is 41.3 Å². The molecule has 1 fully saturated rings. The first-order valence-electron chi connectivity index (χ1n) is 8.78. The highest BCUT2D eigenvalue weighted by atomic mass is 32.2. The van der Waals surface area contributed by atoms with E-state index < -0.39 is 10.0 Å². The normalized spacial score (nSPS) is 14.3. The molecule has 0 radical (unpaired) electrons. The lowest BCUT2D eigenvalue weighted by molar-refractivity contribution is 0.322. The Labute approximate surface area is 160 Å². The Hall–Kier alpha value is -2.25. The van der Waals surface area contributed by atoms with Gasteiger partial charge in [0.1, 0.15) is 0 Å². The maximum absolute atomic E-state index is 13.3. The first kappa shape index (κ1) is 19.5. The van der Waals surface area contributed by atoms with Crippen molar-refractivity contribution in [1.82, 2.24) is 4.31 Å². The van der Waals surface area contributed by atoms with Gasteiger partial charge in [-0.3, -0.25) is 0 Å². The average Bonchev–Trinajstić information content (AvgIpc) is 3.50.